The first-order valence-electron chi connectivity index (χ1n) is 23.7. The summed E-state index contributed by atoms with van der Waals surface area (Å²) in [7, 11) is 0. The van der Waals surface area contributed by atoms with E-state index in [1.807, 2.05) is 6.92 Å². The van der Waals surface area contributed by atoms with Gasteiger partial charge in [0.05, 0.1) is 58.4 Å². The maximum atomic E-state index is 12.1. The zero-order chi connectivity index (χ0) is 49.2. The summed E-state index contributed by atoms with van der Waals surface area (Å²) in [5.41, 5.74) is 0.234. The number of aliphatic hydroxyl groups is 1. The third kappa shape index (κ3) is 36.8. The Morgan fingerprint density at radius 3 is 1.55 bits per heavy atom. The fourth-order valence-electron chi connectivity index (χ4n) is 6.08. The number of carboxylic acid groups (broad SMARTS) is 2. The van der Waals surface area contributed by atoms with Crippen molar-refractivity contribution in [3.63, 3.8) is 0 Å². The van der Waals surface area contributed by atoms with Crippen molar-refractivity contribution in [3.8, 4) is 5.75 Å². The number of hydrogen-bond acceptors (Lipinski definition) is 14. The molecule has 0 aliphatic heterocycles. The molecule has 0 heterocycles. The Balaban J connectivity index is 1.88. The highest BCUT2D eigenvalue weighted by atomic mass is 16.5. The zero-order valence-corrected chi connectivity index (χ0v) is 39.4. The largest absolute Gasteiger partial charge is 0.494 e. The van der Waals surface area contributed by atoms with Gasteiger partial charge in [0.15, 0.2) is 0 Å². The molecular weight excluding hydrogens is 877 g/mol. The third-order valence-corrected chi connectivity index (χ3v) is 9.82. The van der Waals surface area contributed by atoms with Gasteiger partial charge in [-0.2, -0.15) is 0 Å². The standard InChI is InChI=1S/C46H78N6O15/c1-2-3-22-47-40(54)14-11-24-49-42(56)21-20-38(46(61)62)52-44(58)35-66-33-31-64-29-26-51-43(57)34-65-32-30-63-28-25-50-41(55)15-12-23-48-39(53)13-9-7-5-4-6-8-10-27-67-37-18-16-36(17-19-37)45(59)60/h16-19,38,44,52,58H,2-15,20-35H2,1H3,(H,47,54)(H,48,53)(H,49,56)(H,50,55)(H,51,57)(H,59,60)(H,61,62). The summed E-state index contributed by atoms with van der Waals surface area (Å²) in [4.78, 5) is 82.4. The summed E-state index contributed by atoms with van der Waals surface area (Å²) in [5.74, 6) is -2.43. The van der Waals surface area contributed by atoms with E-state index < -0.39 is 24.2 Å². The molecule has 382 valence electrons. The van der Waals surface area contributed by atoms with E-state index in [1.54, 1.807) is 12.1 Å². The number of rotatable bonds is 45. The van der Waals surface area contributed by atoms with Gasteiger partial charge in [-0.3, -0.25) is 34.1 Å². The average molecular weight is 955 g/mol. The van der Waals surface area contributed by atoms with E-state index in [2.05, 4.69) is 31.9 Å². The van der Waals surface area contributed by atoms with Crippen molar-refractivity contribution in [1.29, 1.82) is 0 Å². The minimum atomic E-state index is -1.29. The van der Waals surface area contributed by atoms with Crippen LogP contribution in [0.5, 0.6) is 5.75 Å². The molecule has 0 radical (unpaired) electrons. The third-order valence-electron chi connectivity index (χ3n) is 9.82. The normalized spacial score (nSPS) is 11.9. The van der Waals surface area contributed by atoms with Crippen molar-refractivity contribution >= 4 is 41.5 Å². The monoisotopic (exact) mass is 955 g/mol. The van der Waals surface area contributed by atoms with Crippen LogP contribution in [0.15, 0.2) is 24.3 Å². The lowest BCUT2D eigenvalue weighted by Crippen LogP contribution is -2.46. The Morgan fingerprint density at radius 1 is 0.507 bits per heavy atom. The highest BCUT2D eigenvalue weighted by Crippen LogP contribution is 2.14. The van der Waals surface area contributed by atoms with Crippen molar-refractivity contribution in [3.05, 3.63) is 29.8 Å². The first kappa shape index (κ1) is 60.1. The first-order chi connectivity index (χ1) is 32.4. The van der Waals surface area contributed by atoms with Gasteiger partial charge < -0.3 is 65.6 Å². The minimum Gasteiger partial charge on any atom is -0.494 e. The Morgan fingerprint density at radius 2 is 0.985 bits per heavy atom. The molecule has 21 heteroatoms. The molecule has 2 unspecified atom stereocenters. The number of aliphatic carboxylic acids is 1. The quantitative estimate of drug-likeness (QED) is 0.0334. The molecule has 0 aliphatic rings. The van der Waals surface area contributed by atoms with Gasteiger partial charge in [0.1, 0.15) is 24.6 Å². The van der Waals surface area contributed by atoms with Crippen LogP contribution in [0.2, 0.25) is 0 Å². The number of nitrogens with one attached hydrogen (secondary N) is 6. The van der Waals surface area contributed by atoms with Crippen molar-refractivity contribution in [2.75, 3.05) is 92.2 Å². The molecule has 0 saturated heterocycles. The van der Waals surface area contributed by atoms with E-state index in [0.717, 1.165) is 57.8 Å². The molecule has 67 heavy (non-hydrogen) atoms. The van der Waals surface area contributed by atoms with Crippen LogP contribution in [0, 0.1) is 0 Å². The van der Waals surface area contributed by atoms with Gasteiger partial charge in [0.2, 0.25) is 29.5 Å². The number of aromatic carboxylic acids is 1. The average Bonchev–Trinajstić information content (AvgIpc) is 3.30. The van der Waals surface area contributed by atoms with Gasteiger partial charge in [-0.1, -0.05) is 45.4 Å². The number of hydrogen-bond donors (Lipinski definition) is 9. The van der Waals surface area contributed by atoms with Crippen molar-refractivity contribution < 1.29 is 72.6 Å². The molecule has 0 bridgehead atoms. The predicted molar refractivity (Wildman–Crippen MR) is 247 cm³/mol. The number of benzene rings is 1. The molecule has 2 atom stereocenters. The van der Waals surface area contributed by atoms with Crippen LogP contribution >= 0.6 is 0 Å². The molecule has 21 nitrogen and oxygen atoms in total. The molecule has 1 aromatic carbocycles. The van der Waals surface area contributed by atoms with Gasteiger partial charge in [-0.05, 0) is 62.8 Å². The van der Waals surface area contributed by atoms with E-state index in [0.29, 0.717) is 57.8 Å². The second-order valence-electron chi connectivity index (χ2n) is 15.7. The summed E-state index contributed by atoms with van der Waals surface area (Å²) >= 11 is 0. The van der Waals surface area contributed by atoms with Gasteiger partial charge in [-0.25, -0.2) is 4.79 Å². The van der Waals surface area contributed by atoms with E-state index in [-0.39, 0.29) is 120 Å². The lowest BCUT2D eigenvalue weighted by molar-refractivity contribution is -0.141. The molecular formula is C46H78N6O15. The lowest BCUT2D eigenvalue weighted by atomic mass is 10.1. The Labute approximate surface area is 394 Å². The van der Waals surface area contributed by atoms with E-state index >= 15 is 0 Å². The second-order valence-corrected chi connectivity index (χ2v) is 15.7. The highest BCUT2D eigenvalue weighted by molar-refractivity contribution is 5.87. The summed E-state index contributed by atoms with van der Waals surface area (Å²) in [6.07, 6.45) is 9.54. The predicted octanol–water partition coefficient (Wildman–Crippen LogP) is 2.03. The van der Waals surface area contributed by atoms with Gasteiger partial charge >= 0.3 is 11.9 Å². The smallest absolute Gasteiger partial charge is 0.335 e. The van der Waals surface area contributed by atoms with Crippen molar-refractivity contribution in [2.24, 2.45) is 0 Å². The van der Waals surface area contributed by atoms with Crippen LogP contribution in [-0.2, 0) is 47.7 Å². The first-order valence-corrected chi connectivity index (χ1v) is 23.7. The molecule has 0 aromatic heterocycles. The number of aliphatic hydroxyl groups excluding tert-OH is 1. The van der Waals surface area contributed by atoms with Crippen molar-refractivity contribution in [1.82, 2.24) is 31.9 Å². The van der Waals surface area contributed by atoms with E-state index in [9.17, 15) is 43.8 Å². The summed E-state index contributed by atoms with van der Waals surface area (Å²) < 4.78 is 27.1. The van der Waals surface area contributed by atoms with Gasteiger partial charge in [0, 0.05) is 58.4 Å². The van der Waals surface area contributed by atoms with Crippen molar-refractivity contribution in [2.45, 2.75) is 122 Å². The molecule has 1 aromatic rings. The highest BCUT2D eigenvalue weighted by Gasteiger charge is 2.21. The second kappa shape index (κ2) is 41.3. The number of carbonyl (C=O) groups is 7. The fraction of sp³-hybridized carbons (Fsp3) is 0.717. The molecule has 9 N–H and O–H groups in total. The molecule has 0 saturated carbocycles. The topological polar surface area (TPSA) is 299 Å². The molecule has 0 spiro atoms. The maximum absolute atomic E-state index is 12.1. The summed E-state index contributed by atoms with van der Waals surface area (Å²) in [5, 5.41) is 44.8. The maximum Gasteiger partial charge on any atom is 0.335 e. The Hall–Kier alpha value is -4.93. The van der Waals surface area contributed by atoms with Crippen LogP contribution in [-0.4, -0.2) is 161 Å². The molecule has 0 aliphatic carbocycles. The van der Waals surface area contributed by atoms with Gasteiger partial charge in [0.25, 0.3) is 0 Å². The molecule has 5 amide bonds. The zero-order valence-electron chi connectivity index (χ0n) is 39.4. The van der Waals surface area contributed by atoms with Crippen LogP contribution in [0.3, 0.4) is 0 Å². The lowest BCUT2D eigenvalue weighted by Gasteiger charge is -2.19. The SMILES string of the molecule is CCCCNC(=O)CCCNC(=O)CCC(NC(O)COCCOCCNC(=O)COCCOCCNC(=O)CCCNC(=O)CCCCCCCCCOc1ccc(C(=O)O)cc1)C(=O)O. The van der Waals surface area contributed by atoms with Crippen LogP contribution < -0.4 is 36.6 Å². The summed E-state index contributed by atoms with van der Waals surface area (Å²) in [6.45, 7) is 5.34. The van der Waals surface area contributed by atoms with E-state index in [1.165, 1.54) is 12.1 Å². The fourth-order valence-corrected chi connectivity index (χ4v) is 6.08. The Kier molecular flexibility index (Phi) is 37.0. The molecule has 0 fully saturated rings. The Bertz CT molecular complexity index is 1520. The number of unbranched alkanes of at least 4 members (excludes halogenated alkanes) is 7. The van der Waals surface area contributed by atoms with Crippen LogP contribution in [0.4, 0.5) is 0 Å². The van der Waals surface area contributed by atoms with Crippen LogP contribution in [0.1, 0.15) is 120 Å². The molecule has 1 rings (SSSR count). The number of ether oxygens (including phenoxy) is 5. The number of amides is 5. The summed E-state index contributed by atoms with van der Waals surface area (Å²) in [6, 6.07) is 5.21. The van der Waals surface area contributed by atoms with Gasteiger partial charge in [-0.15, -0.1) is 0 Å². The van der Waals surface area contributed by atoms with E-state index in [4.69, 9.17) is 28.8 Å². The minimum absolute atomic E-state index is 0.0118. The number of carboxylic acids is 2. The van der Waals surface area contributed by atoms with Crippen LogP contribution in [0.25, 0.3) is 0 Å². The number of carbonyl (C=O) groups excluding carboxylic acids is 5.